The average Bonchev–Trinajstić information content (AvgIpc) is 2.92. The smallest absolute Gasteiger partial charge is 0.254 e. The van der Waals surface area contributed by atoms with Gasteiger partial charge in [0.2, 0.25) is 5.91 Å². The van der Waals surface area contributed by atoms with Gasteiger partial charge in [-0.25, -0.2) is 0 Å². The van der Waals surface area contributed by atoms with Crippen molar-refractivity contribution in [3.63, 3.8) is 0 Å². The van der Waals surface area contributed by atoms with Crippen molar-refractivity contribution in [1.82, 2.24) is 4.90 Å². The number of primary amides is 1. The Balaban J connectivity index is 2.24. The van der Waals surface area contributed by atoms with Gasteiger partial charge in [-0.05, 0) is 31.0 Å². The maximum absolute atomic E-state index is 12.5. The van der Waals surface area contributed by atoms with Crippen LogP contribution in [0.3, 0.4) is 0 Å². The lowest BCUT2D eigenvalue weighted by Gasteiger charge is -2.28. The van der Waals surface area contributed by atoms with Crippen LogP contribution in [0.25, 0.3) is 0 Å². The van der Waals surface area contributed by atoms with Crippen molar-refractivity contribution < 1.29 is 14.7 Å². The zero-order valence-electron chi connectivity index (χ0n) is 11.0. The number of aromatic hydroxyl groups is 1. The molecule has 3 N–H and O–H groups in total. The van der Waals surface area contributed by atoms with Crippen LogP contribution in [0.4, 0.5) is 0 Å². The van der Waals surface area contributed by atoms with E-state index in [1.165, 1.54) is 23.1 Å². The van der Waals surface area contributed by atoms with Gasteiger partial charge in [-0.2, -0.15) is 0 Å². The molecule has 5 nitrogen and oxygen atoms in total. The first kappa shape index (κ1) is 14.7. The Hall–Kier alpha value is -1.75. The largest absolute Gasteiger partial charge is 0.506 e. The number of rotatable bonds is 4. The monoisotopic (exact) mass is 296 g/mol. The molecule has 2 rings (SSSR count). The van der Waals surface area contributed by atoms with E-state index in [0.717, 1.165) is 25.7 Å². The molecular weight excluding hydrogens is 280 g/mol. The van der Waals surface area contributed by atoms with Crippen LogP contribution in [0.1, 0.15) is 36.0 Å². The van der Waals surface area contributed by atoms with Crippen LogP contribution in [0.5, 0.6) is 5.75 Å². The molecule has 1 saturated carbocycles. The fourth-order valence-corrected chi connectivity index (χ4v) is 2.74. The molecule has 20 heavy (non-hydrogen) atoms. The van der Waals surface area contributed by atoms with E-state index in [0.29, 0.717) is 5.56 Å². The number of phenolic OH excluding ortho intramolecular Hbond substituents is 1. The molecule has 1 aliphatic rings. The molecule has 0 aliphatic heterocycles. The Bertz CT molecular complexity index is 527. The fourth-order valence-electron chi connectivity index (χ4n) is 2.56. The standard InChI is InChI=1S/C14H17ClN2O3/c15-11-7-9(5-6-12(11)18)14(20)17(8-13(16)19)10-3-1-2-4-10/h5-7,10,18H,1-4,8H2,(H2,16,19). The van der Waals surface area contributed by atoms with E-state index in [9.17, 15) is 14.7 Å². The molecule has 1 aromatic carbocycles. The number of phenols is 1. The van der Waals surface area contributed by atoms with Crippen molar-refractivity contribution in [2.24, 2.45) is 5.73 Å². The summed E-state index contributed by atoms with van der Waals surface area (Å²) in [5.41, 5.74) is 5.58. The second-order valence-electron chi connectivity index (χ2n) is 5.00. The third-order valence-corrected chi connectivity index (χ3v) is 3.85. The van der Waals surface area contributed by atoms with Gasteiger partial charge < -0.3 is 15.7 Å². The number of hydrogen-bond acceptors (Lipinski definition) is 3. The first-order valence-electron chi connectivity index (χ1n) is 6.57. The fraction of sp³-hybridized carbons (Fsp3) is 0.429. The molecule has 0 bridgehead atoms. The molecule has 108 valence electrons. The summed E-state index contributed by atoms with van der Waals surface area (Å²) < 4.78 is 0. The van der Waals surface area contributed by atoms with Crippen LogP contribution < -0.4 is 5.73 Å². The van der Waals surface area contributed by atoms with Crippen LogP contribution >= 0.6 is 11.6 Å². The number of nitrogens with zero attached hydrogens (tertiary/aromatic N) is 1. The Morgan fingerprint density at radius 3 is 2.55 bits per heavy atom. The Morgan fingerprint density at radius 2 is 2.00 bits per heavy atom. The number of amides is 2. The summed E-state index contributed by atoms with van der Waals surface area (Å²) in [5.74, 6) is -0.891. The maximum atomic E-state index is 12.5. The van der Waals surface area contributed by atoms with E-state index in [-0.39, 0.29) is 29.3 Å². The maximum Gasteiger partial charge on any atom is 0.254 e. The van der Waals surface area contributed by atoms with Crippen molar-refractivity contribution in [1.29, 1.82) is 0 Å². The lowest BCUT2D eigenvalue weighted by molar-refractivity contribution is -0.119. The summed E-state index contributed by atoms with van der Waals surface area (Å²) >= 11 is 5.82. The van der Waals surface area contributed by atoms with Crippen LogP contribution in [-0.4, -0.2) is 34.4 Å². The number of halogens is 1. The van der Waals surface area contributed by atoms with Crippen LogP contribution in [0.2, 0.25) is 5.02 Å². The van der Waals surface area contributed by atoms with Crippen molar-refractivity contribution >= 4 is 23.4 Å². The van der Waals surface area contributed by atoms with Gasteiger partial charge in [0, 0.05) is 11.6 Å². The third kappa shape index (κ3) is 3.22. The summed E-state index contributed by atoms with van der Waals surface area (Å²) in [6, 6.07) is 4.31. The molecule has 1 aliphatic carbocycles. The van der Waals surface area contributed by atoms with Gasteiger partial charge in [0.25, 0.3) is 5.91 Å². The normalized spacial score (nSPS) is 15.2. The summed E-state index contributed by atoms with van der Waals surface area (Å²) in [6.45, 7) is -0.0952. The second kappa shape index (κ2) is 6.13. The van der Waals surface area contributed by atoms with E-state index in [1.54, 1.807) is 0 Å². The van der Waals surface area contributed by atoms with E-state index in [1.807, 2.05) is 0 Å². The average molecular weight is 297 g/mol. The zero-order chi connectivity index (χ0) is 14.7. The lowest BCUT2D eigenvalue weighted by Crippen LogP contribution is -2.44. The van der Waals surface area contributed by atoms with Crippen LogP contribution in [-0.2, 0) is 4.79 Å². The molecular formula is C14H17ClN2O3. The predicted molar refractivity (Wildman–Crippen MR) is 75.6 cm³/mol. The van der Waals surface area contributed by atoms with Crippen molar-refractivity contribution in [2.75, 3.05) is 6.54 Å². The molecule has 6 heteroatoms. The van der Waals surface area contributed by atoms with Crippen molar-refractivity contribution in [2.45, 2.75) is 31.7 Å². The first-order valence-corrected chi connectivity index (χ1v) is 6.94. The highest BCUT2D eigenvalue weighted by molar-refractivity contribution is 6.32. The van der Waals surface area contributed by atoms with E-state index >= 15 is 0 Å². The van der Waals surface area contributed by atoms with Gasteiger partial charge in [0.15, 0.2) is 0 Å². The molecule has 0 aromatic heterocycles. The summed E-state index contributed by atoms with van der Waals surface area (Å²) in [6.07, 6.45) is 3.85. The minimum atomic E-state index is -0.532. The van der Waals surface area contributed by atoms with Gasteiger partial charge >= 0.3 is 0 Å². The zero-order valence-corrected chi connectivity index (χ0v) is 11.8. The first-order chi connectivity index (χ1) is 9.49. The minimum Gasteiger partial charge on any atom is -0.506 e. The molecule has 0 spiro atoms. The summed E-state index contributed by atoms with van der Waals surface area (Å²) in [5, 5.41) is 9.50. The molecule has 1 aromatic rings. The van der Waals surface area contributed by atoms with Crippen LogP contribution in [0, 0.1) is 0 Å². The number of nitrogens with two attached hydrogens (primary N) is 1. The Kier molecular flexibility index (Phi) is 4.49. The quantitative estimate of drug-likeness (QED) is 0.890. The lowest BCUT2D eigenvalue weighted by atomic mass is 10.1. The summed E-state index contributed by atoms with van der Waals surface area (Å²) in [7, 11) is 0. The molecule has 0 atom stereocenters. The molecule has 0 heterocycles. The molecule has 0 saturated heterocycles. The number of benzene rings is 1. The highest BCUT2D eigenvalue weighted by atomic mass is 35.5. The number of carbonyl (C=O) groups is 2. The van der Waals surface area contributed by atoms with Crippen molar-refractivity contribution in [3.8, 4) is 5.75 Å². The van der Waals surface area contributed by atoms with Crippen molar-refractivity contribution in [3.05, 3.63) is 28.8 Å². The van der Waals surface area contributed by atoms with Gasteiger partial charge in [0.1, 0.15) is 5.75 Å². The van der Waals surface area contributed by atoms with Gasteiger partial charge in [0.05, 0.1) is 11.6 Å². The highest BCUT2D eigenvalue weighted by Gasteiger charge is 2.28. The van der Waals surface area contributed by atoms with Gasteiger partial charge in [-0.1, -0.05) is 24.4 Å². The van der Waals surface area contributed by atoms with E-state index in [4.69, 9.17) is 17.3 Å². The number of carbonyl (C=O) groups excluding carboxylic acids is 2. The third-order valence-electron chi connectivity index (χ3n) is 3.55. The SMILES string of the molecule is NC(=O)CN(C(=O)c1ccc(O)c(Cl)c1)C1CCCC1. The molecule has 0 radical (unpaired) electrons. The molecule has 1 fully saturated rings. The second-order valence-corrected chi connectivity index (χ2v) is 5.41. The predicted octanol–water partition coefficient (Wildman–Crippen LogP) is 1.92. The molecule has 0 unspecified atom stereocenters. The Labute approximate surface area is 122 Å². The van der Waals surface area contributed by atoms with E-state index in [2.05, 4.69) is 0 Å². The molecule has 2 amide bonds. The minimum absolute atomic E-state index is 0.0441. The van der Waals surface area contributed by atoms with Gasteiger partial charge in [-0.15, -0.1) is 0 Å². The highest BCUT2D eigenvalue weighted by Crippen LogP contribution is 2.27. The topological polar surface area (TPSA) is 83.6 Å². The van der Waals surface area contributed by atoms with Gasteiger partial charge in [-0.3, -0.25) is 9.59 Å². The Morgan fingerprint density at radius 1 is 1.35 bits per heavy atom. The van der Waals surface area contributed by atoms with Crippen LogP contribution in [0.15, 0.2) is 18.2 Å². The number of hydrogen-bond donors (Lipinski definition) is 2. The van der Waals surface area contributed by atoms with E-state index < -0.39 is 5.91 Å². The summed E-state index contributed by atoms with van der Waals surface area (Å²) in [4.78, 5) is 25.2.